The lowest BCUT2D eigenvalue weighted by Crippen LogP contribution is -2.54. The average molecular weight is 299 g/mol. The molecule has 1 saturated heterocycles. The Morgan fingerprint density at radius 3 is 2.82 bits per heavy atom. The molecule has 0 unspecified atom stereocenters. The van der Waals surface area contributed by atoms with Crippen molar-refractivity contribution >= 4 is 7.85 Å². The van der Waals surface area contributed by atoms with E-state index in [1.54, 1.807) is 0 Å². The van der Waals surface area contributed by atoms with Gasteiger partial charge in [0.1, 0.15) is 19.7 Å². The van der Waals surface area contributed by atoms with Crippen LogP contribution in [0.1, 0.15) is 11.1 Å². The van der Waals surface area contributed by atoms with E-state index in [1.165, 1.54) is 23.1 Å². The van der Waals surface area contributed by atoms with Gasteiger partial charge in [0.25, 0.3) is 0 Å². The summed E-state index contributed by atoms with van der Waals surface area (Å²) in [7, 11) is 4.34. The number of likely N-dealkylation sites (N-methyl/N-ethyl adjacent to an activating group) is 1. The van der Waals surface area contributed by atoms with Gasteiger partial charge in [-0.05, 0) is 30.5 Å². The zero-order valence-electron chi connectivity index (χ0n) is 13.9. The molecule has 22 heavy (non-hydrogen) atoms. The summed E-state index contributed by atoms with van der Waals surface area (Å²) in [6.45, 7) is 6.11. The minimum atomic E-state index is 0.330. The number of hydrogen-bond acceptors (Lipinski definition) is 4. The smallest absolute Gasteiger partial charge is 0.124 e. The van der Waals surface area contributed by atoms with Crippen LogP contribution in [0.15, 0.2) is 30.1 Å². The van der Waals surface area contributed by atoms with Gasteiger partial charge in [-0.1, -0.05) is 18.5 Å². The summed E-state index contributed by atoms with van der Waals surface area (Å²) in [5.74, 6) is 1.04. The molecule has 2 aliphatic heterocycles. The molecule has 118 valence electrons. The van der Waals surface area contributed by atoms with E-state index < -0.39 is 0 Å². The maximum atomic E-state index is 6.15. The van der Waals surface area contributed by atoms with Crippen molar-refractivity contribution in [1.82, 2.24) is 15.1 Å². The van der Waals surface area contributed by atoms with E-state index in [-0.39, 0.29) is 0 Å². The van der Waals surface area contributed by atoms with Gasteiger partial charge in [-0.3, -0.25) is 4.90 Å². The quantitative estimate of drug-likeness (QED) is 0.793. The molecule has 0 amide bonds. The maximum absolute atomic E-state index is 6.15. The molecule has 1 fully saturated rings. The van der Waals surface area contributed by atoms with Gasteiger partial charge in [-0.25, -0.2) is 0 Å². The molecule has 0 saturated carbocycles. The van der Waals surface area contributed by atoms with E-state index in [2.05, 4.69) is 61.3 Å². The second kappa shape index (κ2) is 6.65. The van der Waals surface area contributed by atoms with Crippen molar-refractivity contribution in [2.24, 2.45) is 0 Å². The third-order valence-corrected chi connectivity index (χ3v) is 4.47. The van der Waals surface area contributed by atoms with Crippen LogP contribution >= 0.6 is 0 Å². The van der Waals surface area contributed by atoms with Gasteiger partial charge in [0.05, 0.1) is 6.67 Å². The lowest BCUT2D eigenvalue weighted by Gasteiger charge is -2.40. The van der Waals surface area contributed by atoms with Crippen molar-refractivity contribution in [3.63, 3.8) is 0 Å². The van der Waals surface area contributed by atoms with Gasteiger partial charge in [0.15, 0.2) is 0 Å². The minimum Gasteiger partial charge on any atom is -0.487 e. The molecule has 0 spiro atoms. The molecule has 1 aromatic rings. The predicted molar refractivity (Wildman–Crippen MR) is 92.9 cm³/mol. The van der Waals surface area contributed by atoms with Crippen LogP contribution in [0.25, 0.3) is 0 Å². The number of hydrogen-bond donors (Lipinski definition) is 1. The Morgan fingerprint density at radius 1 is 1.36 bits per heavy atom. The van der Waals surface area contributed by atoms with Crippen molar-refractivity contribution < 1.29 is 4.74 Å². The summed E-state index contributed by atoms with van der Waals surface area (Å²) < 4.78 is 6.15. The normalized spacial score (nSPS) is 18.8. The molecule has 3 rings (SSSR count). The van der Waals surface area contributed by atoms with E-state index in [4.69, 9.17) is 4.74 Å². The Morgan fingerprint density at radius 2 is 2.18 bits per heavy atom. The minimum absolute atomic E-state index is 0.330. The van der Waals surface area contributed by atoms with Gasteiger partial charge in [0, 0.05) is 38.6 Å². The second-order valence-corrected chi connectivity index (χ2v) is 6.48. The van der Waals surface area contributed by atoms with Crippen LogP contribution in [-0.2, 0) is 6.42 Å². The summed E-state index contributed by atoms with van der Waals surface area (Å²) >= 11 is 0. The van der Waals surface area contributed by atoms with Crippen molar-refractivity contribution in [3.05, 3.63) is 41.2 Å². The fraction of sp³-hybridized carbons (Fsp3) is 0.529. The number of aryl methyl sites for hydroxylation is 2. The highest BCUT2D eigenvalue weighted by Gasteiger charge is 2.30. The maximum Gasteiger partial charge on any atom is 0.124 e. The Balaban J connectivity index is 1.48. The summed E-state index contributed by atoms with van der Waals surface area (Å²) in [4.78, 5) is 4.69. The topological polar surface area (TPSA) is 27.7 Å². The van der Waals surface area contributed by atoms with E-state index >= 15 is 0 Å². The van der Waals surface area contributed by atoms with E-state index in [0.29, 0.717) is 6.10 Å². The van der Waals surface area contributed by atoms with Gasteiger partial charge >= 0.3 is 0 Å². The zero-order valence-corrected chi connectivity index (χ0v) is 13.9. The largest absolute Gasteiger partial charge is 0.487 e. The molecule has 2 aliphatic rings. The molecule has 0 radical (unpaired) electrons. The lowest BCUT2D eigenvalue weighted by molar-refractivity contribution is 0.0229. The number of ether oxygens (including phenoxy) is 1. The lowest BCUT2D eigenvalue weighted by atomic mass is 9.96. The molecule has 1 aromatic carbocycles. The average Bonchev–Trinajstić information content (AvgIpc) is 2.84. The Kier molecular flexibility index (Phi) is 4.62. The Bertz CT molecular complexity index is 555. The third kappa shape index (κ3) is 3.41. The number of nitrogens with one attached hydrogen (secondary N) is 1. The first kappa shape index (κ1) is 15.3. The molecule has 2 heterocycles. The van der Waals surface area contributed by atoms with Gasteiger partial charge in [0.2, 0.25) is 0 Å². The number of benzene rings is 1. The van der Waals surface area contributed by atoms with Gasteiger partial charge in [-0.15, -0.1) is 0 Å². The van der Waals surface area contributed by atoms with Crippen LogP contribution in [0.2, 0.25) is 6.32 Å². The molecule has 1 N–H and O–H groups in total. The first-order valence-corrected chi connectivity index (χ1v) is 8.28. The number of nitrogens with zero attached hydrogens (tertiary/aromatic N) is 2. The standard InChI is InChI=1S/C17H26BN3O/c1-13-7-14(5-6-18)3-4-17(13)22-16-10-21(11-16)9-15-8-19-12-20(15)2/h3-4,7-8,16,19H,5-6,9-12,18H2,1-2H3. The fourth-order valence-electron chi connectivity index (χ4n) is 3.10. The molecule has 4 nitrogen and oxygen atoms in total. The SMILES string of the molecule is BCCc1ccc(OC2CN(CC3=CNCN3C)C2)c(C)c1. The van der Waals surface area contributed by atoms with E-state index in [1.807, 2.05) is 0 Å². The monoisotopic (exact) mass is 299 g/mol. The fourth-order valence-corrected chi connectivity index (χ4v) is 3.10. The van der Waals surface area contributed by atoms with Crippen molar-refractivity contribution in [1.29, 1.82) is 0 Å². The Hall–Kier alpha value is -1.62. The second-order valence-electron chi connectivity index (χ2n) is 6.48. The molecular formula is C17H26BN3O. The van der Waals surface area contributed by atoms with Gasteiger partial charge in [-0.2, -0.15) is 0 Å². The van der Waals surface area contributed by atoms with Crippen LogP contribution in [0.5, 0.6) is 5.75 Å². The highest BCUT2D eigenvalue weighted by Crippen LogP contribution is 2.24. The van der Waals surface area contributed by atoms with Crippen LogP contribution in [0, 0.1) is 6.92 Å². The summed E-state index contributed by atoms with van der Waals surface area (Å²) in [6, 6.07) is 6.60. The van der Waals surface area contributed by atoms with Crippen molar-refractivity contribution in [2.75, 3.05) is 33.4 Å². The molecule has 5 heteroatoms. The zero-order chi connectivity index (χ0) is 15.5. The van der Waals surface area contributed by atoms with Crippen LogP contribution < -0.4 is 10.1 Å². The van der Waals surface area contributed by atoms with E-state index in [0.717, 1.165) is 38.5 Å². The summed E-state index contributed by atoms with van der Waals surface area (Å²) in [5, 5.41) is 3.26. The summed E-state index contributed by atoms with van der Waals surface area (Å²) in [6.07, 6.45) is 4.78. The van der Waals surface area contributed by atoms with Gasteiger partial charge < -0.3 is 15.0 Å². The molecule has 0 atom stereocenters. The molecule has 0 bridgehead atoms. The Labute approximate surface area is 134 Å². The van der Waals surface area contributed by atoms with Crippen molar-refractivity contribution in [3.8, 4) is 5.75 Å². The number of rotatable bonds is 6. The van der Waals surface area contributed by atoms with Crippen LogP contribution in [-0.4, -0.2) is 57.1 Å². The first-order chi connectivity index (χ1) is 10.7. The molecule has 0 aromatic heterocycles. The molecular weight excluding hydrogens is 273 g/mol. The third-order valence-electron chi connectivity index (χ3n) is 4.47. The first-order valence-electron chi connectivity index (χ1n) is 8.28. The summed E-state index contributed by atoms with van der Waals surface area (Å²) in [5.41, 5.74) is 4.02. The highest BCUT2D eigenvalue weighted by molar-refractivity contribution is 6.08. The number of likely N-dealkylation sites (tertiary alicyclic amines) is 1. The van der Waals surface area contributed by atoms with Crippen molar-refractivity contribution in [2.45, 2.75) is 25.8 Å². The highest BCUT2D eigenvalue weighted by atomic mass is 16.5. The van der Waals surface area contributed by atoms with Crippen LogP contribution in [0.4, 0.5) is 0 Å². The molecule has 0 aliphatic carbocycles. The van der Waals surface area contributed by atoms with E-state index in [9.17, 15) is 0 Å². The van der Waals surface area contributed by atoms with Crippen LogP contribution in [0.3, 0.4) is 0 Å². The predicted octanol–water partition coefficient (Wildman–Crippen LogP) is 0.986.